The van der Waals surface area contributed by atoms with Gasteiger partial charge in [-0.2, -0.15) is 8.78 Å². The maximum absolute atomic E-state index is 13.6. The summed E-state index contributed by atoms with van der Waals surface area (Å²) >= 11 is 0. The summed E-state index contributed by atoms with van der Waals surface area (Å²) in [5, 5.41) is 0. The number of benzene rings is 1. The van der Waals surface area contributed by atoms with Crippen LogP contribution in [0.2, 0.25) is 0 Å². The highest BCUT2D eigenvalue weighted by Crippen LogP contribution is 2.27. The molecule has 19 heavy (non-hydrogen) atoms. The standard InChI is InChI=1S/C14H19F3O2/c1-3-4-8-18-11-5-6-12(14(17)13(11)16)19-9-7-10(2)15/h5-6,10H,3-4,7-9H2,1-2H3. The first-order chi connectivity index (χ1) is 9.06. The van der Waals surface area contributed by atoms with Crippen molar-refractivity contribution in [2.75, 3.05) is 13.2 Å². The van der Waals surface area contributed by atoms with E-state index < -0.39 is 17.8 Å². The molecule has 1 unspecified atom stereocenters. The van der Waals surface area contributed by atoms with E-state index in [-0.39, 0.29) is 24.5 Å². The van der Waals surface area contributed by atoms with E-state index in [1.165, 1.54) is 19.1 Å². The average Bonchev–Trinajstić information content (AvgIpc) is 2.37. The molecule has 0 N–H and O–H groups in total. The SMILES string of the molecule is CCCCOc1ccc(OCCC(C)F)c(F)c1F. The summed E-state index contributed by atoms with van der Waals surface area (Å²) < 4.78 is 49.9. The fourth-order valence-electron chi connectivity index (χ4n) is 1.39. The van der Waals surface area contributed by atoms with Crippen molar-refractivity contribution in [3.05, 3.63) is 23.8 Å². The first-order valence-corrected chi connectivity index (χ1v) is 6.44. The minimum absolute atomic E-state index is 0.00403. The van der Waals surface area contributed by atoms with Crippen molar-refractivity contribution in [1.82, 2.24) is 0 Å². The molecule has 0 amide bonds. The molecule has 0 fully saturated rings. The summed E-state index contributed by atoms with van der Waals surface area (Å²) in [6.07, 6.45) is 0.778. The smallest absolute Gasteiger partial charge is 0.204 e. The highest BCUT2D eigenvalue weighted by molar-refractivity contribution is 5.35. The molecular formula is C14H19F3O2. The number of rotatable bonds is 8. The van der Waals surface area contributed by atoms with Crippen molar-refractivity contribution >= 4 is 0 Å². The van der Waals surface area contributed by atoms with Crippen LogP contribution >= 0.6 is 0 Å². The summed E-state index contributed by atoms with van der Waals surface area (Å²) in [7, 11) is 0. The third-order valence-corrected chi connectivity index (χ3v) is 2.54. The van der Waals surface area contributed by atoms with Gasteiger partial charge in [-0.3, -0.25) is 0 Å². The second kappa shape index (κ2) is 7.92. The third-order valence-electron chi connectivity index (χ3n) is 2.54. The summed E-state index contributed by atoms with van der Waals surface area (Å²) in [6.45, 7) is 3.70. The quantitative estimate of drug-likeness (QED) is 0.660. The maximum Gasteiger partial charge on any atom is 0.204 e. The Labute approximate surface area is 111 Å². The predicted octanol–water partition coefficient (Wildman–Crippen LogP) is 4.27. The Hall–Kier alpha value is -1.39. The van der Waals surface area contributed by atoms with Crippen molar-refractivity contribution in [1.29, 1.82) is 0 Å². The van der Waals surface area contributed by atoms with Crippen molar-refractivity contribution in [2.24, 2.45) is 0 Å². The number of ether oxygens (including phenoxy) is 2. The van der Waals surface area contributed by atoms with Crippen molar-refractivity contribution in [2.45, 2.75) is 39.3 Å². The second-order valence-electron chi connectivity index (χ2n) is 4.31. The molecule has 1 aromatic rings. The molecule has 0 aromatic heterocycles. The van der Waals surface area contributed by atoms with Crippen molar-refractivity contribution in [3.8, 4) is 11.5 Å². The summed E-state index contributed by atoms with van der Waals surface area (Å²) in [5.74, 6) is -2.51. The first-order valence-electron chi connectivity index (χ1n) is 6.44. The van der Waals surface area contributed by atoms with Crippen molar-refractivity contribution < 1.29 is 22.6 Å². The molecule has 2 nitrogen and oxygen atoms in total. The normalized spacial score (nSPS) is 12.3. The Morgan fingerprint density at radius 1 is 1.05 bits per heavy atom. The van der Waals surface area contributed by atoms with Gasteiger partial charge in [0.25, 0.3) is 0 Å². The van der Waals surface area contributed by atoms with Gasteiger partial charge in [0, 0.05) is 6.42 Å². The molecular weight excluding hydrogens is 257 g/mol. The van der Waals surface area contributed by atoms with Gasteiger partial charge in [-0.15, -0.1) is 0 Å². The Kier molecular flexibility index (Phi) is 6.53. The lowest BCUT2D eigenvalue weighted by molar-refractivity contribution is 0.234. The summed E-state index contributed by atoms with van der Waals surface area (Å²) in [4.78, 5) is 0. The summed E-state index contributed by atoms with van der Waals surface area (Å²) in [5.41, 5.74) is 0. The minimum Gasteiger partial charge on any atom is -0.490 e. The monoisotopic (exact) mass is 276 g/mol. The largest absolute Gasteiger partial charge is 0.490 e. The van der Waals surface area contributed by atoms with Crippen LogP contribution in [-0.2, 0) is 0 Å². The Morgan fingerprint density at radius 3 is 2.05 bits per heavy atom. The van der Waals surface area contributed by atoms with E-state index in [1.54, 1.807) is 0 Å². The average molecular weight is 276 g/mol. The molecule has 5 heteroatoms. The fourth-order valence-corrected chi connectivity index (χ4v) is 1.39. The van der Waals surface area contributed by atoms with Crippen molar-refractivity contribution in [3.63, 3.8) is 0 Å². The van der Waals surface area contributed by atoms with E-state index in [2.05, 4.69) is 0 Å². The lowest BCUT2D eigenvalue weighted by atomic mass is 10.3. The number of alkyl halides is 1. The number of halogens is 3. The van der Waals surface area contributed by atoms with E-state index in [9.17, 15) is 13.2 Å². The van der Waals surface area contributed by atoms with E-state index in [0.29, 0.717) is 6.61 Å². The molecule has 1 rings (SSSR count). The highest BCUT2D eigenvalue weighted by Gasteiger charge is 2.15. The molecule has 0 aliphatic heterocycles. The number of hydrogen-bond donors (Lipinski definition) is 0. The van der Waals surface area contributed by atoms with E-state index in [1.807, 2.05) is 6.92 Å². The molecule has 0 spiro atoms. The third kappa shape index (κ3) is 5.01. The Morgan fingerprint density at radius 2 is 1.58 bits per heavy atom. The lowest BCUT2D eigenvalue weighted by Gasteiger charge is -2.11. The van der Waals surface area contributed by atoms with Crippen LogP contribution in [0.15, 0.2) is 12.1 Å². The minimum atomic E-state index is -1.10. The molecule has 0 aliphatic carbocycles. The molecule has 0 saturated heterocycles. The van der Waals surface area contributed by atoms with Gasteiger partial charge in [-0.05, 0) is 25.5 Å². The van der Waals surface area contributed by atoms with Gasteiger partial charge in [0.15, 0.2) is 11.5 Å². The zero-order valence-electron chi connectivity index (χ0n) is 11.2. The fraction of sp³-hybridized carbons (Fsp3) is 0.571. The molecule has 1 aromatic carbocycles. The van der Waals surface area contributed by atoms with Crippen LogP contribution in [0.4, 0.5) is 13.2 Å². The molecule has 0 radical (unpaired) electrons. The molecule has 1 atom stereocenters. The molecule has 0 saturated carbocycles. The van der Waals surface area contributed by atoms with Crippen LogP contribution in [-0.4, -0.2) is 19.4 Å². The maximum atomic E-state index is 13.6. The van der Waals surface area contributed by atoms with Crippen LogP contribution in [0, 0.1) is 11.6 Å². The van der Waals surface area contributed by atoms with Gasteiger partial charge in [0.2, 0.25) is 11.6 Å². The van der Waals surface area contributed by atoms with Crippen LogP contribution in [0.5, 0.6) is 11.5 Å². The molecule has 0 aliphatic rings. The Bertz CT molecular complexity index is 395. The van der Waals surface area contributed by atoms with Gasteiger partial charge < -0.3 is 9.47 Å². The second-order valence-corrected chi connectivity index (χ2v) is 4.31. The van der Waals surface area contributed by atoms with Gasteiger partial charge >= 0.3 is 0 Å². The van der Waals surface area contributed by atoms with E-state index in [0.717, 1.165) is 12.8 Å². The molecule has 108 valence electrons. The lowest BCUT2D eigenvalue weighted by Crippen LogP contribution is -2.06. The van der Waals surface area contributed by atoms with Gasteiger partial charge in [-0.1, -0.05) is 13.3 Å². The van der Waals surface area contributed by atoms with Crippen LogP contribution in [0.25, 0.3) is 0 Å². The highest BCUT2D eigenvalue weighted by atomic mass is 19.2. The van der Waals surface area contributed by atoms with Gasteiger partial charge in [-0.25, -0.2) is 4.39 Å². The van der Waals surface area contributed by atoms with Crippen LogP contribution in [0.1, 0.15) is 33.1 Å². The van der Waals surface area contributed by atoms with E-state index in [4.69, 9.17) is 9.47 Å². The zero-order chi connectivity index (χ0) is 14.3. The Balaban J connectivity index is 2.63. The van der Waals surface area contributed by atoms with Crippen LogP contribution < -0.4 is 9.47 Å². The number of hydrogen-bond acceptors (Lipinski definition) is 2. The predicted molar refractivity (Wildman–Crippen MR) is 67.4 cm³/mol. The number of unbranched alkanes of at least 4 members (excludes halogenated alkanes) is 1. The van der Waals surface area contributed by atoms with Gasteiger partial charge in [0.1, 0.15) is 6.17 Å². The molecule has 0 bridgehead atoms. The van der Waals surface area contributed by atoms with E-state index >= 15 is 0 Å². The molecule has 0 heterocycles. The summed E-state index contributed by atoms with van der Waals surface area (Å²) in [6, 6.07) is 2.62. The first kappa shape index (κ1) is 15.7. The van der Waals surface area contributed by atoms with Gasteiger partial charge in [0.05, 0.1) is 13.2 Å². The topological polar surface area (TPSA) is 18.5 Å². The zero-order valence-corrected chi connectivity index (χ0v) is 11.2. The van der Waals surface area contributed by atoms with Crippen LogP contribution in [0.3, 0.4) is 0 Å².